The summed E-state index contributed by atoms with van der Waals surface area (Å²) in [4.78, 5) is 15.3. The predicted octanol–water partition coefficient (Wildman–Crippen LogP) is 1.09. The van der Waals surface area contributed by atoms with Gasteiger partial charge < -0.3 is 15.8 Å². The third kappa shape index (κ3) is 1.59. The fraction of sp³-hybridized carbons (Fsp3) is 0.0833. The van der Waals surface area contributed by atoms with Crippen LogP contribution < -0.4 is 5.73 Å². The lowest BCUT2D eigenvalue weighted by molar-refractivity contribution is 0.281. The molecule has 0 unspecified atom stereocenters. The molecule has 0 saturated carbocycles. The lowest BCUT2D eigenvalue weighted by Crippen LogP contribution is -1.92. The van der Waals surface area contributed by atoms with Crippen LogP contribution in [0.15, 0.2) is 31.0 Å². The number of anilines is 1. The quantitative estimate of drug-likeness (QED) is 0.623. The maximum absolute atomic E-state index is 9.12. The molecule has 0 aromatic carbocycles. The normalized spacial score (nSPS) is 10.9. The number of rotatable bonds is 2. The van der Waals surface area contributed by atoms with Crippen LogP contribution in [0.1, 0.15) is 5.56 Å². The SMILES string of the molecule is Nc1ncnc2c(-c3cncc(CO)c3)c[nH]c12. The maximum Gasteiger partial charge on any atom is 0.151 e. The molecule has 0 radical (unpaired) electrons. The van der Waals surface area contributed by atoms with Crippen LogP contribution in [0, 0.1) is 0 Å². The summed E-state index contributed by atoms with van der Waals surface area (Å²) in [7, 11) is 0. The van der Waals surface area contributed by atoms with Crippen LogP contribution in [-0.4, -0.2) is 25.0 Å². The largest absolute Gasteiger partial charge is 0.392 e. The predicted molar refractivity (Wildman–Crippen MR) is 67.5 cm³/mol. The van der Waals surface area contributed by atoms with Crippen LogP contribution in [0.4, 0.5) is 5.82 Å². The molecule has 4 N–H and O–H groups in total. The lowest BCUT2D eigenvalue weighted by Gasteiger charge is -2.01. The Balaban J connectivity index is 2.22. The Bertz CT molecular complexity index is 707. The molecule has 0 amide bonds. The molecule has 6 heteroatoms. The van der Waals surface area contributed by atoms with Crippen molar-refractivity contribution in [3.8, 4) is 11.1 Å². The van der Waals surface area contributed by atoms with E-state index >= 15 is 0 Å². The van der Waals surface area contributed by atoms with E-state index in [9.17, 15) is 0 Å². The van der Waals surface area contributed by atoms with Gasteiger partial charge in [0.15, 0.2) is 5.82 Å². The molecule has 18 heavy (non-hydrogen) atoms. The van der Waals surface area contributed by atoms with E-state index in [0.29, 0.717) is 11.3 Å². The Labute approximate surface area is 103 Å². The average Bonchev–Trinajstić information content (AvgIpc) is 2.84. The van der Waals surface area contributed by atoms with E-state index in [1.165, 1.54) is 6.33 Å². The van der Waals surface area contributed by atoms with Crippen LogP contribution in [0.2, 0.25) is 0 Å². The van der Waals surface area contributed by atoms with Crippen LogP contribution in [0.25, 0.3) is 22.2 Å². The summed E-state index contributed by atoms with van der Waals surface area (Å²) in [5.74, 6) is 0.414. The molecule has 0 atom stereocenters. The molecule has 0 aliphatic heterocycles. The first-order chi connectivity index (χ1) is 8.79. The van der Waals surface area contributed by atoms with E-state index < -0.39 is 0 Å². The van der Waals surface area contributed by atoms with E-state index in [-0.39, 0.29) is 6.61 Å². The third-order valence-electron chi connectivity index (χ3n) is 2.78. The highest BCUT2D eigenvalue weighted by molar-refractivity contribution is 5.96. The van der Waals surface area contributed by atoms with Gasteiger partial charge in [-0.1, -0.05) is 0 Å². The summed E-state index contributed by atoms with van der Waals surface area (Å²) in [5, 5.41) is 9.12. The monoisotopic (exact) mass is 241 g/mol. The van der Waals surface area contributed by atoms with Gasteiger partial charge in [-0.3, -0.25) is 4.98 Å². The number of aliphatic hydroxyl groups is 1. The zero-order chi connectivity index (χ0) is 12.5. The highest BCUT2D eigenvalue weighted by Crippen LogP contribution is 2.28. The van der Waals surface area contributed by atoms with Gasteiger partial charge in [0.25, 0.3) is 0 Å². The molecule has 3 heterocycles. The van der Waals surface area contributed by atoms with E-state index in [1.54, 1.807) is 12.4 Å². The highest BCUT2D eigenvalue weighted by atomic mass is 16.3. The molecular weight excluding hydrogens is 230 g/mol. The van der Waals surface area contributed by atoms with Crippen molar-refractivity contribution < 1.29 is 5.11 Å². The number of pyridine rings is 1. The third-order valence-corrected chi connectivity index (χ3v) is 2.78. The number of nitrogens with two attached hydrogens (primary N) is 1. The van der Waals surface area contributed by atoms with Gasteiger partial charge in [0.1, 0.15) is 17.4 Å². The molecule has 0 saturated heterocycles. The summed E-state index contributed by atoms with van der Waals surface area (Å²) in [6, 6.07) is 1.87. The smallest absolute Gasteiger partial charge is 0.151 e. The molecule has 0 aliphatic carbocycles. The Hall–Kier alpha value is -2.47. The van der Waals surface area contributed by atoms with Gasteiger partial charge in [-0.25, -0.2) is 9.97 Å². The number of aliphatic hydroxyl groups excluding tert-OH is 1. The fourth-order valence-corrected chi connectivity index (χ4v) is 1.90. The molecule has 0 fully saturated rings. The number of nitrogens with one attached hydrogen (secondary N) is 1. The lowest BCUT2D eigenvalue weighted by atomic mass is 10.1. The standard InChI is InChI=1S/C12H11N5O/c13-12-11-10(16-6-17-12)9(4-15-11)8-1-7(5-18)2-14-3-8/h1-4,6,15,18H,5H2,(H2,13,16,17). The van der Waals surface area contributed by atoms with Crippen molar-refractivity contribution in [3.63, 3.8) is 0 Å². The first-order valence-corrected chi connectivity index (χ1v) is 5.42. The minimum Gasteiger partial charge on any atom is -0.392 e. The zero-order valence-electron chi connectivity index (χ0n) is 9.46. The zero-order valence-corrected chi connectivity index (χ0v) is 9.46. The van der Waals surface area contributed by atoms with Crippen molar-refractivity contribution in [1.82, 2.24) is 19.9 Å². The van der Waals surface area contributed by atoms with Gasteiger partial charge in [-0.15, -0.1) is 0 Å². The average molecular weight is 241 g/mol. The van der Waals surface area contributed by atoms with Crippen LogP contribution >= 0.6 is 0 Å². The van der Waals surface area contributed by atoms with E-state index in [1.807, 2.05) is 12.3 Å². The van der Waals surface area contributed by atoms with Crippen LogP contribution in [0.5, 0.6) is 0 Å². The summed E-state index contributed by atoms with van der Waals surface area (Å²) >= 11 is 0. The Morgan fingerprint density at radius 2 is 2.17 bits per heavy atom. The van der Waals surface area contributed by atoms with Crippen molar-refractivity contribution in [1.29, 1.82) is 0 Å². The number of fused-ring (bicyclic) bond motifs is 1. The van der Waals surface area contributed by atoms with Gasteiger partial charge >= 0.3 is 0 Å². The topological polar surface area (TPSA) is 101 Å². The second kappa shape index (κ2) is 4.08. The van der Waals surface area contributed by atoms with Crippen molar-refractivity contribution in [2.75, 3.05) is 5.73 Å². The molecular formula is C12H11N5O. The van der Waals surface area contributed by atoms with Crippen molar-refractivity contribution in [2.45, 2.75) is 6.61 Å². The number of hydrogen-bond acceptors (Lipinski definition) is 5. The van der Waals surface area contributed by atoms with E-state index in [4.69, 9.17) is 10.8 Å². The van der Waals surface area contributed by atoms with E-state index in [0.717, 1.165) is 22.2 Å². The van der Waals surface area contributed by atoms with Crippen molar-refractivity contribution in [2.24, 2.45) is 0 Å². The highest BCUT2D eigenvalue weighted by Gasteiger charge is 2.10. The molecule has 3 aromatic heterocycles. The number of hydrogen-bond donors (Lipinski definition) is 3. The number of aromatic amines is 1. The first kappa shape index (κ1) is 10.7. The number of nitrogens with zero attached hydrogens (tertiary/aromatic N) is 3. The number of H-pyrrole nitrogens is 1. The molecule has 90 valence electrons. The molecule has 0 aliphatic rings. The maximum atomic E-state index is 9.12. The van der Waals surface area contributed by atoms with Crippen molar-refractivity contribution in [3.05, 3.63) is 36.5 Å². The summed E-state index contributed by atoms with van der Waals surface area (Å²) in [5.41, 5.74) is 9.75. The van der Waals surface area contributed by atoms with Gasteiger partial charge in [-0.05, 0) is 11.6 Å². The summed E-state index contributed by atoms with van der Waals surface area (Å²) in [6.07, 6.45) is 6.59. The van der Waals surface area contributed by atoms with Crippen LogP contribution in [-0.2, 0) is 6.61 Å². The Kier molecular flexibility index (Phi) is 2.42. The first-order valence-electron chi connectivity index (χ1n) is 5.42. The minimum atomic E-state index is -0.0414. The van der Waals surface area contributed by atoms with Crippen LogP contribution in [0.3, 0.4) is 0 Å². The second-order valence-electron chi connectivity index (χ2n) is 3.92. The molecule has 6 nitrogen and oxygen atoms in total. The number of aromatic nitrogens is 4. The van der Waals surface area contributed by atoms with Gasteiger partial charge in [0.2, 0.25) is 0 Å². The molecule has 0 bridgehead atoms. The van der Waals surface area contributed by atoms with Crippen molar-refractivity contribution >= 4 is 16.9 Å². The van der Waals surface area contributed by atoms with Gasteiger partial charge in [0, 0.05) is 29.7 Å². The number of nitrogen functional groups attached to an aromatic ring is 1. The van der Waals surface area contributed by atoms with E-state index in [2.05, 4.69) is 19.9 Å². The Morgan fingerprint density at radius 3 is 3.00 bits per heavy atom. The van der Waals surface area contributed by atoms with Gasteiger partial charge in [0.05, 0.1) is 6.61 Å². The van der Waals surface area contributed by atoms with Gasteiger partial charge in [-0.2, -0.15) is 0 Å². The summed E-state index contributed by atoms with van der Waals surface area (Å²) in [6.45, 7) is -0.0414. The minimum absolute atomic E-state index is 0.0414. The second-order valence-corrected chi connectivity index (χ2v) is 3.92. The molecule has 3 rings (SSSR count). The molecule has 3 aromatic rings. The summed E-state index contributed by atoms with van der Waals surface area (Å²) < 4.78 is 0. The Morgan fingerprint density at radius 1 is 1.28 bits per heavy atom. The fourth-order valence-electron chi connectivity index (χ4n) is 1.90. The molecule has 0 spiro atoms.